The topological polar surface area (TPSA) is 23.4 Å². The normalized spacial score (nSPS) is 13.3. The lowest BCUT2D eigenvalue weighted by molar-refractivity contribution is 0.997. The molecule has 1 N–H and O–H groups in total. The zero-order valence-corrected chi connectivity index (χ0v) is 34.6. The van der Waals surface area contributed by atoms with Crippen molar-refractivity contribution in [1.29, 1.82) is 0 Å². The third kappa shape index (κ3) is 7.01. The van der Waals surface area contributed by atoms with Crippen LogP contribution in [0.5, 0.6) is 0 Å². The van der Waals surface area contributed by atoms with Gasteiger partial charge in [0.05, 0.1) is 22.4 Å². The van der Waals surface area contributed by atoms with Crippen molar-refractivity contribution in [2.75, 3.05) is 15.1 Å². The molecule has 60 heavy (non-hydrogen) atoms. The van der Waals surface area contributed by atoms with Crippen molar-refractivity contribution in [1.82, 2.24) is 4.57 Å². The molecule has 0 radical (unpaired) electrons. The van der Waals surface area contributed by atoms with E-state index in [0.29, 0.717) is 0 Å². The third-order valence-electron chi connectivity index (χ3n) is 11.5. The smallest absolute Gasteiger partial charge is 0.0601 e. The number of hydrogen-bond acceptors (Lipinski definition) is 4. The summed E-state index contributed by atoms with van der Waals surface area (Å²) < 4.78 is 2.41. The van der Waals surface area contributed by atoms with Crippen LogP contribution in [0.2, 0.25) is 0 Å². The summed E-state index contributed by atoms with van der Waals surface area (Å²) in [6.45, 7) is 6.48. The Labute approximate surface area is 357 Å². The molecule has 8 aromatic rings. The highest BCUT2D eigenvalue weighted by atomic mass is 32.2. The fraction of sp³-hybridized carbons (Fsp3) is 0.0909. The zero-order valence-electron chi connectivity index (χ0n) is 33.8. The van der Waals surface area contributed by atoms with Gasteiger partial charge in [-0.3, -0.25) is 0 Å². The van der Waals surface area contributed by atoms with Gasteiger partial charge in [-0.1, -0.05) is 103 Å². The van der Waals surface area contributed by atoms with Gasteiger partial charge in [0.25, 0.3) is 0 Å². The molecule has 1 aromatic heterocycles. The molecule has 0 amide bonds. The van der Waals surface area contributed by atoms with Crippen LogP contribution in [-0.2, 0) is 0 Å². The Morgan fingerprint density at radius 1 is 0.683 bits per heavy atom. The SMILES string of the molecule is C=C(CC/C=C\C)c1ccccc1Nc1ccc(N(C2=CCCC=C2)c2ccc3c(c2)c2ccccc2n3-c2ccc(N3c4ccccc4Sc4ccccc43)cc2)cc1. The van der Waals surface area contributed by atoms with Crippen LogP contribution in [0.3, 0.4) is 0 Å². The van der Waals surface area contributed by atoms with Crippen LogP contribution >= 0.6 is 11.8 Å². The number of nitrogens with zero attached hydrogens (tertiary/aromatic N) is 3. The first-order valence-corrected chi connectivity index (χ1v) is 21.7. The Bertz CT molecular complexity index is 2920. The number of rotatable bonds is 11. The molecule has 2 aliphatic rings. The summed E-state index contributed by atoms with van der Waals surface area (Å²) in [5.41, 5.74) is 14.9. The van der Waals surface area contributed by atoms with Crippen molar-refractivity contribution in [2.45, 2.75) is 42.4 Å². The van der Waals surface area contributed by atoms with E-state index in [2.05, 4.69) is 227 Å². The minimum absolute atomic E-state index is 0.928. The number of aromatic nitrogens is 1. The minimum atomic E-state index is 0.928. The van der Waals surface area contributed by atoms with E-state index in [-0.39, 0.29) is 0 Å². The number of hydrogen-bond donors (Lipinski definition) is 1. The molecule has 0 fully saturated rings. The van der Waals surface area contributed by atoms with Gasteiger partial charge >= 0.3 is 0 Å². The van der Waals surface area contributed by atoms with Crippen molar-refractivity contribution in [2.24, 2.45) is 0 Å². The summed E-state index contributed by atoms with van der Waals surface area (Å²) in [7, 11) is 0. The molecule has 1 aliphatic carbocycles. The van der Waals surface area contributed by atoms with Gasteiger partial charge < -0.3 is 19.7 Å². The lowest BCUT2D eigenvalue weighted by atomic mass is 10.0. The van der Waals surface area contributed by atoms with Crippen LogP contribution in [0.1, 0.15) is 38.2 Å². The van der Waals surface area contributed by atoms with E-state index in [1.165, 1.54) is 48.7 Å². The number of allylic oxidation sites excluding steroid dienone is 6. The van der Waals surface area contributed by atoms with E-state index in [9.17, 15) is 0 Å². The van der Waals surface area contributed by atoms with E-state index in [1.54, 1.807) is 0 Å². The molecule has 0 unspecified atom stereocenters. The van der Waals surface area contributed by atoms with Crippen molar-refractivity contribution >= 4 is 79.0 Å². The van der Waals surface area contributed by atoms with Gasteiger partial charge in [-0.15, -0.1) is 0 Å². The monoisotopic (exact) mass is 794 g/mol. The first-order valence-electron chi connectivity index (χ1n) is 20.9. The summed E-state index contributed by atoms with van der Waals surface area (Å²) in [4.78, 5) is 7.30. The van der Waals surface area contributed by atoms with Crippen LogP contribution in [0, 0.1) is 0 Å². The molecule has 10 rings (SSSR count). The quantitative estimate of drug-likeness (QED) is 0.132. The summed E-state index contributed by atoms with van der Waals surface area (Å²) in [5.74, 6) is 0. The highest BCUT2D eigenvalue weighted by Crippen LogP contribution is 2.51. The molecular formula is C55H46N4S. The lowest BCUT2D eigenvalue weighted by Gasteiger charge is -2.32. The van der Waals surface area contributed by atoms with Gasteiger partial charge in [0, 0.05) is 65.9 Å². The second-order valence-corrected chi connectivity index (χ2v) is 16.4. The van der Waals surface area contributed by atoms with Gasteiger partial charge in [-0.25, -0.2) is 0 Å². The molecular weight excluding hydrogens is 749 g/mol. The van der Waals surface area contributed by atoms with E-state index in [4.69, 9.17) is 0 Å². The molecule has 4 nitrogen and oxygen atoms in total. The molecule has 0 saturated carbocycles. The minimum Gasteiger partial charge on any atom is -0.355 e. The predicted octanol–water partition coefficient (Wildman–Crippen LogP) is 16.2. The largest absolute Gasteiger partial charge is 0.355 e. The summed E-state index contributed by atoms with van der Waals surface area (Å²) in [6, 6.07) is 59.4. The average Bonchev–Trinajstić information content (AvgIpc) is 3.63. The fourth-order valence-corrected chi connectivity index (χ4v) is 9.69. The predicted molar refractivity (Wildman–Crippen MR) is 257 cm³/mol. The maximum absolute atomic E-state index is 4.42. The van der Waals surface area contributed by atoms with E-state index < -0.39 is 0 Å². The number of nitrogens with one attached hydrogen (secondary N) is 1. The van der Waals surface area contributed by atoms with E-state index in [1.807, 2.05) is 11.8 Å². The lowest BCUT2D eigenvalue weighted by Crippen LogP contribution is -2.16. The highest BCUT2D eigenvalue weighted by Gasteiger charge is 2.25. The van der Waals surface area contributed by atoms with Gasteiger partial charge in [0.15, 0.2) is 0 Å². The molecule has 0 atom stereocenters. The molecule has 7 aromatic carbocycles. The summed E-state index contributed by atoms with van der Waals surface area (Å²) >= 11 is 1.84. The third-order valence-corrected chi connectivity index (χ3v) is 12.6. The maximum atomic E-state index is 4.42. The zero-order chi connectivity index (χ0) is 40.4. The fourth-order valence-electron chi connectivity index (χ4n) is 8.63. The maximum Gasteiger partial charge on any atom is 0.0601 e. The van der Waals surface area contributed by atoms with Gasteiger partial charge in [0.2, 0.25) is 0 Å². The van der Waals surface area contributed by atoms with E-state index >= 15 is 0 Å². The number of fused-ring (bicyclic) bond motifs is 5. The first-order chi connectivity index (χ1) is 29.6. The molecule has 0 bridgehead atoms. The second-order valence-electron chi connectivity index (χ2n) is 15.3. The van der Waals surface area contributed by atoms with Crippen molar-refractivity contribution in [3.05, 3.63) is 212 Å². The molecule has 0 spiro atoms. The molecule has 2 heterocycles. The highest BCUT2D eigenvalue weighted by molar-refractivity contribution is 7.99. The van der Waals surface area contributed by atoms with Crippen molar-refractivity contribution < 1.29 is 0 Å². The Balaban J connectivity index is 0.999. The standard InChI is InChI=1S/C55H46N4S/c1-3-4-6-17-39(2)46-20-9-11-22-49(46)56-40-28-30-42(31-29-40)57(41-18-7-5-8-19-41)45-36-37-51-48(38-45)47-21-10-12-23-50(47)58(51)43-32-34-44(35-33-43)59-52-24-13-15-26-54(52)60-55-27-16-14-25-53(55)59/h3-4,7,9-16,18-38,56H,2,5-6,8,17H2,1H3/b4-3-. The summed E-state index contributed by atoms with van der Waals surface area (Å²) in [6.07, 6.45) is 15.2. The van der Waals surface area contributed by atoms with Gasteiger partial charge in [-0.05, 0) is 147 Å². The number of benzene rings is 7. The molecule has 292 valence electrons. The molecule has 5 heteroatoms. The Morgan fingerprint density at radius 3 is 2.10 bits per heavy atom. The van der Waals surface area contributed by atoms with Crippen LogP contribution in [0.15, 0.2) is 216 Å². The average molecular weight is 795 g/mol. The number of para-hydroxylation sites is 4. The Morgan fingerprint density at radius 2 is 1.35 bits per heavy atom. The Kier molecular flexibility index (Phi) is 10.2. The van der Waals surface area contributed by atoms with Crippen molar-refractivity contribution in [3.8, 4) is 5.69 Å². The van der Waals surface area contributed by atoms with Crippen LogP contribution in [-0.4, -0.2) is 4.57 Å². The van der Waals surface area contributed by atoms with Crippen molar-refractivity contribution in [3.63, 3.8) is 0 Å². The van der Waals surface area contributed by atoms with Gasteiger partial charge in [0.1, 0.15) is 0 Å². The Hall–Kier alpha value is -6.95. The van der Waals surface area contributed by atoms with Crippen LogP contribution in [0.25, 0.3) is 33.1 Å². The molecule has 0 saturated heterocycles. The first kappa shape index (κ1) is 37.3. The second kappa shape index (κ2) is 16.4. The van der Waals surface area contributed by atoms with Crippen LogP contribution < -0.4 is 15.1 Å². The number of anilines is 7. The molecule has 1 aliphatic heterocycles. The summed E-state index contributed by atoms with van der Waals surface area (Å²) in [5, 5.41) is 6.14. The van der Waals surface area contributed by atoms with Gasteiger partial charge in [-0.2, -0.15) is 0 Å². The van der Waals surface area contributed by atoms with E-state index in [0.717, 1.165) is 70.9 Å². The van der Waals surface area contributed by atoms with Crippen LogP contribution in [0.4, 0.5) is 39.8 Å².